The Kier molecular flexibility index (Phi) is 4.44. The molecule has 0 saturated carbocycles. The van der Waals surface area contributed by atoms with Crippen molar-refractivity contribution in [3.05, 3.63) is 21.7 Å². The Morgan fingerprint density at radius 3 is 2.91 bits per heavy atom. The number of H-pyrrole nitrogens is 1. The van der Waals surface area contributed by atoms with Gasteiger partial charge in [0.1, 0.15) is 16.1 Å². The maximum atomic E-state index is 6.07. The molecular weight excluding hydrogens is 324 g/mol. The van der Waals surface area contributed by atoms with Crippen molar-refractivity contribution < 1.29 is 4.74 Å². The van der Waals surface area contributed by atoms with Crippen LogP contribution in [0.15, 0.2) is 0 Å². The Hall–Kier alpha value is -1.09. The van der Waals surface area contributed by atoms with Crippen LogP contribution in [0, 0.1) is 0 Å². The van der Waals surface area contributed by atoms with Gasteiger partial charge in [-0.05, 0) is 0 Å². The van der Waals surface area contributed by atoms with Crippen molar-refractivity contribution in [2.45, 2.75) is 38.8 Å². The van der Waals surface area contributed by atoms with Crippen LogP contribution in [0.1, 0.15) is 44.2 Å². The topological polar surface area (TPSA) is 79.8 Å². The van der Waals surface area contributed by atoms with E-state index in [0.717, 1.165) is 30.4 Å². The fraction of sp³-hybridized carbons (Fsp3) is 0.692. The molecule has 2 aromatic heterocycles. The monoisotopic (exact) mass is 342 g/mol. The molecule has 0 bridgehead atoms. The molecular formula is C13H19ClN6OS. The molecule has 0 amide bonds. The molecule has 3 heterocycles. The standard InChI is InChI=1S/C13H19ClN6OS/c1-13(2,3)12-15-11(17-18-12)9-7-20(4-5-21-9)6-8-10(14)22-19-16-8/h9H,4-7H2,1-3H3,(H,15,17,18). The third-order valence-electron chi connectivity index (χ3n) is 3.51. The summed E-state index contributed by atoms with van der Waals surface area (Å²) < 4.78 is 10.3. The maximum absolute atomic E-state index is 6.07. The molecule has 2 aromatic rings. The lowest BCUT2D eigenvalue weighted by atomic mass is 9.96. The quantitative estimate of drug-likeness (QED) is 0.921. The molecule has 9 heteroatoms. The third-order valence-corrected chi connectivity index (χ3v) is 4.50. The van der Waals surface area contributed by atoms with E-state index in [1.165, 1.54) is 11.5 Å². The molecule has 0 spiro atoms. The summed E-state index contributed by atoms with van der Waals surface area (Å²) in [6.45, 7) is 9.15. The van der Waals surface area contributed by atoms with Gasteiger partial charge < -0.3 is 4.74 Å². The molecule has 1 saturated heterocycles. The van der Waals surface area contributed by atoms with E-state index >= 15 is 0 Å². The zero-order chi connectivity index (χ0) is 15.7. The summed E-state index contributed by atoms with van der Waals surface area (Å²) in [6, 6.07) is 0. The third kappa shape index (κ3) is 3.45. The lowest BCUT2D eigenvalue weighted by Crippen LogP contribution is -2.38. The van der Waals surface area contributed by atoms with Gasteiger partial charge in [0.15, 0.2) is 11.6 Å². The van der Waals surface area contributed by atoms with Crippen LogP contribution in [0.2, 0.25) is 4.34 Å². The van der Waals surface area contributed by atoms with E-state index in [-0.39, 0.29) is 11.5 Å². The first kappa shape index (κ1) is 15.8. The first-order valence-corrected chi connectivity index (χ1v) is 8.32. The predicted octanol–water partition coefficient (Wildman–Crippen LogP) is 2.18. The van der Waals surface area contributed by atoms with Crippen LogP contribution >= 0.6 is 23.1 Å². The molecule has 1 aliphatic heterocycles. The summed E-state index contributed by atoms with van der Waals surface area (Å²) in [5.41, 5.74) is 0.739. The number of aromatic amines is 1. The first-order chi connectivity index (χ1) is 10.4. The van der Waals surface area contributed by atoms with Gasteiger partial charge in [-0.1, -0.05) is 36.9 Å². The number of hydrogen-bond acceptors (Lipinski definition) is 7. The lowest BCUT2D eigenvalue weighted by Gasteiger charge is -2.31. The summed E-state index contributed by atoms with van der Waals surface area (Å²) >= 11 is 7.29. The van der Waals surface area contributed by atoms with Crippen molar-refractivity contribution in [3.63, 3.8) is 0 Å². The number of nitrogens with one attached hydrogen (secondary N) is 1. The Morgan fingerprint density at radius 2 is 2.27 bits per heavy atom. The van der Waals surface area contributed by atoms with Crippen LogP contribution in [0.4, 0.5) is 0 Å². The Labute approximate surface area is 138 Å². The number of ether oxygens (including phenoxy) is 1. The van der Waals surface area contributed by atoms with E-state index < -0.39 is 0 Å². The second-order valence-corrected chi connectivity index (χ2v) is 7.74. The summed E-state index contributed by atoms with van der Waals surface area (Å²) in [7, 11) is 0. The first-order valence-electron chi connectivity index (χ1n) is 7.17. The van der Waals surface area contributed by atoms with Crippen molar-refractivity contribution in [1.29, 1.82) is 0 Å². The Morgan fingerprint density at radius 1 is 1.45 bits per heavy atom. The second-order valence-electron chi connectivity index (χ2n) is 6.38. The van der Waals surface area contributed by atoms with Crippen LogP contribution < -0.4 is 0 Å². The largest absolute Gasteiger partial charge is 0.368 e. The average Bonchev–Trinajstić information content (AvgIpc) is 3.09. The SMILES string of the molecule is CC(C)(C)c1n[nH]c(C2CN(Cc3nnsc3Cl)CCO2)n1. The lowest BCUT2D eigenvalue weighted by molar-refractivity contribution is -0.0374. The minimum atomic E-state index is -0.109. The van der Waals surface area contributed by atoms with E-state index in [9.17, 15) is 0 Å². The van der Waals surface area contributed by atoms with E-state index in [2.05, 4.69) is 50.4 Å². The predicted molar refractivity (Wildman–Crippen MR) is 84.0 cm³/mol. The molecule has 7 nitrogen and oxygen atoms in total. The highest BCUT2D eigenvalue weighted by Gasteiger charge is 2.28. The minimum Gasteiger partial charge on any atom is -0.368 e. The van der Waals surface area contributed by atoms with Gasteiger partial charge in [0.25, 0.3) is 0 Å². The van der Waals surface area contributed by atoms with Gasteiger partial charge in [0.2, 0.25) is 0 Å². The average molecular weight is 343 g/mol. The van der Waals surface area contributed by atoms with Gasteiger partial charge in [-0.25, -0.2) is 4.98 Å². The highest BCUT2D eigenvalue weighted by molar-refractivity contribution is 7.10. The molecule has 1 fully saturated rings. The van der Waals surface area contributed by atoms with Gasteiger partial charge in [-0.15, -0.1) is 5.10 Å². The number of aromatic nitrogens is 5. The molecule has 0 radical (unpaired) electrons. The van der Waals surface area contributed by atoms with Gasteiger partial charge in [0.05, 0.1) is 6.61 Å². The van der Waals surface area contributed by atoms with Crippen molar-refractivity contribution in [2.24, 2.45) is 0 Å². The Bertz CT molecular complexity index is 637. The van der Waals surface area contributed by atoms with Crippen molar-refractivity contribution in [1.82, 2.24) is 29.7 Å². The highest BCUT2D eigenvalue weighted by atomic mass is 35.5. The van der Waals surface area contributed by atoms with Crippen LogP contribution in [0.3, 0.4) is 0 Å². The van der Waals surface area contributed by atoms with Gasteiger partial charge >= 0.3 is 0 Å². The molecule has 0 aliphatic carbocycles. The summed E-state index contributed by atoms with van der Waals surface area (Å²) in [5.74, 6) is 1.58. The normalized spacial score (nSPS) is 20.5. The fourth-order valence-electron chi connectivity index (χ4n) is 2.27. The summed E-state index contributed by atoms with van der Waals surface area (Å²) in [4.78, 5) is 6.83. The Balaban J connectivity index is 1.68. The summed E-state index contributed by atoms with van der Waals surface area (Å²) in [6.07, 6.45) is -0.109. The van der Waals surface area contributed by atoms with Crippen LogP contribution in [-0.2, 0) is 16.7 Å². The molecule has 120 valence electrons. The summed E-state index contributed by atoms with van der Waals surface area (Å²) in [5, 5.41) is 11.4. The second kappa shape index (κ2) is 6.19. The van der Waals surface area contributed by atoms with E-state index in [1.807, 2.05) is 0 Å². The molecule has 3 rings (SSSR count). The number of hydrogen-bond donors (Lipinski definition) is 1. The number of morpholine rings is 1. The van der Waals surface area contributed by atoms with Crippen molar-refractivity contribution in [2.75, 3.05) is 19.7 Å². The van der Waals surface area contributed by atoms with Gasteiger partial charge in [-0.2, -0.15) is 5.10 Å². The molecule has 1 N–H and O–H groups in total. The van der Waals surface area contributed by atoms with Crippen LogP contribution in [0.5, 0.6) is 0 Å². The van der Waals surface area contributed by atoms with Crippen LogP contribution in [-0.4, -0.2) is 49.4 Å². The smallest absolute Gasteiger partial charge is 0.156 e. The van der Waals surface area contributed by atoms with Gasteiger partial charge in [-0.3, -0.25) is 10.00 Å². The molecule has 1 atom stereocenters. The van der Waals surface area contributed by atoms with E-state index in [1.54, 1.807) is 0 Å². The number of rotatable bonds is 3. The van der Waals surface area contributed by atoms with Crippen molar-refractivity contribution >= 4 is 23.1 Å². The minimum absolute atomic E-state index is 0.0805. The van der Waals surface area contributed by atoms with Crippen LogP contribution in [0.25, 0.3) is 0 Å². The molecule has 1 aliphatic rings. The fourth-order valence-corrected chi connectivity index (χ4v) is 2.88. The molecule has 1 unspecified atom stereocenters. The molecule has 0 aromatic carbocycles. The van der Waals surface area contributed by atoms with Gasteiger partial charge in [0, 0.05) is 36.6 Å². The zero-order valence-electron chi connectivity index (χ0n) is 12.8. The highest BCUT2D eigenvalue weighted by Crippen LogP contribution is 2.25. The maximum Gasteiger partial charge on any atom is 0.156 e. The molecule has 22 heavy (non-hydrogen) atoms. The van der Waals surface area contributed by atoms with Crippen molar-refractivity contribution in [3.8, 4) is 0 Å². The zero-order valence-corrected chi connectivity index (χ0v) is 14.4. The number of halogens is 1. The van der Waals surface area contributed by atoms with E-state index in [4.69, 9.17) is 16.3 Å². The van der Waals surface area contributed by atoms with E-state index in [0.29, 0.717) is 17.5 Å². The number of nitrogens with zero attached hydrogens (tertiary/aromatic N) is 5.